The van der Waals surface area contributed by atoms with Crippen molar-refractivity contribution in [2.24, 2.45) is 0 Å². The second-order valence-electron chi connectivity index (χ2n) is 7.31. The van der Waals surface area contributed by atoms with Gasteiger partial charge in [-0.1, -0.05) is 23.7 Å². The summed E-state index contributed by atoms with van der Waals surface area (Å²) in [5, 5.41) is 9.92. The van der Waals surface area contributed by atoms with Crippen molar-refractivity contribution in [2.75, 3.05) is 22.4 Å². The van der Waals surface area contributed by atoms with E-state index in [9.17, 15) is 4.79 Å². The Morgan fingerprint density at radius 1 is 1.06 bits per heavy atom. The van der Waals surface area contributed by atoms with Gasteiger partial charge in [-0.05, 0) is 47.8 Å². The van der Waals surface area contributed by atoms with Gasteiger partial charge in [0.25, 0.3) is 5.91 Å². The number of pyridine rings is 1. The Labute approximate surface area is 203 Å². The third kappa shape index (κ3) is 4.43. The van der Waals surface area contributed by atoms with Gasteiger partial charge < -0.3 is 21.1 Å². The number of carbonyl (C=O) groups excluding carboxylic acids is 1. The van der Waals surface area contributed by atoms with Gasteiger partial charge in [0.1, 0.15) is 11.6 Å². The van der Waals surface area contributed by atoms with E-state index in [0.29, 0.717) is 29.3 Å². The van der Waals surface area contributed by atoms with Crippen LogP contribution in [0.2, 0.25) is 0 Å². The molecule has 0 atom stereocenters. The molecule has 34 heavy (non-hydrogen) atoms. The molecule has 170 valence electrons. The van der Waals surface area contributed by atoms with Crippen molar-refractivity contribution in [1.29, 1.82) is 0 Å². The molecule has 5 aromatic rings. The average molecular weight is 491 g/mol. The summed E-state index contributed by atoms with van der Waals surface area (Å²) in [7, 11) is 0. The first-order valence-corrected chi connectivity index (χ1v) is 11.7. The fourth-order valence-electron chi connectivity index (χ4n) is 3.60. The molecule has 0 unspecified atom stereocenters. The molecule has 2 aromatic carbocycles. The highest BCUT2D eigenvalue weighted by Crippen LogP contribution is 2.27. The number of thiophene rings is 1. The van der Waals surface area contributed by atoms with Crippen LogP contribution in [0, 0.1) is 0 Å². The minimum atomic E-state index is -0.428. The van der Waals surface area contributed by atoms with Gasteiger partial charge in [-0.15, -0.1) is 11.3 Å². The second kappa shape index (κ2) is 9.50. The van der Waals surface area contributed by atoms with E-state index in [1.54, 1.807) is 6.20 Å². The van der Waals surface area contributed by atoms with E-state index in [0.717, 1.165) is 26.9 Å². The molecule has 0 spiro atoms. The first-order valence-electron chi connectivity index (χ1n) is 10.3. The number of rotatable bonds is 7. The van der Waals surface area contributed by atoms with Gasteiger partial charge in [0, 0.05) is 28.3 Å². The number of carbonyl (C=O) groups is 1. The molecule has 0 saturated carbocycles. The van der Waals surface area contributed by atoms with E-state index in [-0.39, 0.29) is 11.9 Å². The Balaban J connectivity index is 1.37. The predicted molar refractivity (Wildman–Crippen MR) is 137 cm³/mol. The lowest BCUT2D eigenvalue weighted by molar-refractivity contribution is 0.101. The normalized spacial score (nSPS) is 11.0. The summed E-state index contributed by atoms with van der Waals surface area (Å²) in [5.74, 6) is 0.594. The van der Waals surface area contributed by atoms with Crippen LogP contribution in [0.5, 0.6) is 5.75 Å². The van der Waals surface area contributed by atoms with Gasteiger partial charge in [0.05, 0.1) is 22.5 Å². The van der Waals surface area contributed by atoms with E-state index in [4.69, 9.17) is 22.1 Å². The van der Waals surface area contributed by atoms with Crippen molar-refractivity contribution < 1.29 is 9.53 Å². The number of alkyl halides is 1. The number of halogens is 1. The highest BCUT2D eigenvalue weighted by molar-refractivity contribution is 7.17. The molecule has 3 aromatic heterocycles. The third-order valence-electron chi connectivity index (χ3n) is 5.21. The van der Waals surface area contributed by atoms with E-state index in [1.165, 1.54) is 11.3 Å². The fraction of sp³-hybridized carbons (Fsp3) is 0.0833. The highest BCUT2D eigenvalue weighted by atomic mass is 35.5. The molecular formula is C24H19ClN6O2S. The van der Waals surface area contributed by atoms with Gasteiger partial charge >= 0.3 is 0 Å². The number of nitrogens with two attached hydrogens (primary N) is 1. The van der Waals surface area contributed by atoms with Crippen LogP contribution in [0.3, 0.4) is 0 Å². The lowest BCUT2D eigenvalue weighted by Crippen LogP contribution is -2.16. The first kappa shape index (κ1) is 21.9. The minimum absolute atomic E-state index is 0.0259. The molecule has 0 aliphatic heterocycles. The van der Waals surface area contributed by atoms with Gasteiger partial charge in [0.15, 0.2) is 6.07 Å². The van der Waals surface area contributed by atoms with E-state index < -0.39 is 5.91 Å². The van der Waals surface area contributed by atoms with Crippen molar-refractivity contribution >= 4 is 67.0 Å². The number of amides is 1. The molecule has 0 aliphatic carbocycles. The van der Waals surface area contributed by atoms with Crippen LogP contribution in [0.1, 0.15) is 16.3 Å². The topological polar surface area (TPSA) is 115 Å². The Bertz CT molecular complexity index is 1490. The quantitative estimate of drug-likeness (QED) is 0.266. The van der Waals surface area contributed by atoms with Gasteiger partial charge in [-0.3, -0.25) is 9.78 Å². The van der Waals surface area contributed by atoms with Crippen LogP contribution in [-0.2, 0) is 6.54 Å². The monoisotopic (exact) mass is 490 g/mol. The van der Waals surface area contributed by atoms with Crippen LogP contribution in [-0.4, -0.2) is 26.9 Å². The number of nitrogen functional groups attached to an aromatic ring is 1. The summed E-state index contributed by atoms with van der Waals surface area (Å²) < 4.78 is 6.03. The molecule has 5 rings (SSSR count). The largest absolute Gasteiger partial charge is 0.478 e. The van der Waals surface area contributed by atoms with E-state index in [2.05, 4.69) is 25.6 Å². The standard InChI is InChI=1S/C24H19ClN6O2S/c25-13-33-15-6-4-14(5-7-15)28-12-20-16-2-1-3-18(17(16)8-10-27-20)30-24(32)23-29-19-9-11-34-21(19)22(26)31-23/h1-11,28H,12-13H2,(H,30,32)(H2,26,29,31). The number of hydrogen-bond acceptors (Lipinski definition) is 8. The van der Waals surface area contributed by atoms with Crippen molar-refractivity contribution in [1.82, 2.24) is 15.0 Å². The van der Waals surface area contributed by atoms with Crippen LogP contribution < -0.4 is 21.1 Å². The molecular weight excluding hydrogens is 472 g/mol. The molecule has 0 radical (unpaired) electrons. The Morgan fingerprint density at radius 2 is 1.91 bits per heavy atom. The number of nitrogens with zero attached hydrogens (tertiary/aromatic N) is 3. The average Bonchev–Trinajstić information content (AvgIpc) is 3.33. The molecule has 0 aliphatic rings. The number of nitrogens with one attached hydrogen (secondary N) is 2. The molecule has 10 heteroatoms. The smallest absolute Gasteiger partial charge is 0.293 e. The SMILES string of the molecule is Nc1nc(C(=O)Nc2cccc3c(CNc4ccc(OCCl)cc4)nccc23)nc2ccsc12. The Hall–Kier alpha value is -3.95. The predicted octanol–water partition coefficient (Wildman–Crippen LogP) is 5.26. The summed E-state index contributed by atoms with van der Waals surface area (Å²) in [6.45, 7) is 0.499. The molecule has 8 nitrogen and oxygen atoms in total. The van der Waals surface area contributed by atoms with Crippen molar-refractivity contribution in [3.63, 3.8) is 0 Å². The molecule has 0 bridgehead atoms. The number of aromatic nitrogens is 3. The fourth-order valence-corrected chi connectivity index (χ4v) is 4.46. The summed E-state index contributed by atoms with van der Waals surface area (Å²) in [5.41, 5.74) is 9.05. The van der Waals surface area contributed by atoms with Crippen molar-refractivity contribution in [3.8, 4) is 5.75 Å². The summed E-state index contributed by atoms with van der Waals surface area (Å²) >= 11 is 7.03. The van der Waals surface area contributed by atoms with Crippen molar-refractivity contribution in [2.45, 2.75) is 6.54 Å². The van der Waals surface area contributed by atoms with E-state index >= 15 is 0 Å². The van der Waals surface area contributed by atoms with Gasteiger partial charge in [0.2, 0.25) is 5.82 Å². The van der Waals surface area contributed by atoms with Crippen molar-refractivity contribution in [3.05, 3.63) is 77.7 Å². The first-order chi connectivity index (χ1) is 16.6. The maximum atomic E-state index is 12.9. The van der Waals surface area contributed by atoms with Gasteiger partial charge in [-0.2, -0.15) is 0 Å². The Kier molecular flexibility index (Phi) is 6.11. The summed E-state index contributed by atoms with van der Waals surface area (Å²) in [4.78, 5) is 26.0. The molecule has 3 heterocycles. The number of ether oxygens (including phenoxy) is 1. The van der Waals surface area contributed by atoms with Gasteiger partial charge in [-0.25, -0.2) is 9.97 Å². The zero-order valence-electron chi connectivity index (χ0n) is 17.8. The molecule has 0 saturated heterocycles. The summed E-state index contributed by atoms with van der Waals surface area (Å²) in [6.07, 6.45) is 1.72. The Morgan fingerprint density at radius 3 is 2.74 bits per heavy atom. The van der Waals surface area contributed by atoms with E-state index in [1.807, 2.05) is 60.0 Å². The molecule has 0 fully saturated rings. The van der Waals surface area contributed by atoms with Crippen LogP contribution in [0.25, 0.3) is 21.0 Å². The van der Waals surface area contributed by atoms with Crippen LogP contribution in [0.4, 0.5) is 17.2 Å². The third-order valence-corrected chi connectivity index (χ3v) is 6.24. The zero-order valence-corrected chi connectivity index (χ0v) is 19.4. The second-order valence-corrected chi connectivity index (χ2v) is 8.45. The van der Waals surface area contributed by atoms with Crippen LogP contribution in [0.15, 0.2) is 66.2 Å². The lowest BCUT2D eigenvalue weighted by Gasteiger charge is -2.12. The number of anilines is 3. The molecule has 4 N–H and O–H groups in total. The lowest BCUT2D eigenvalue weighted by atomic mass is 10.1. The number of hydrogen-bond donors (Lipinski definition) is 3. The number of fused-ring (bicyclic) bond motifs is 2. The summed E-state index contributed by atoms with van der Waals surface area (Å²) in [6, 6.07) is 17.0. The minimum Gasteiger partial charge on any atom is -0.478 e. The highest BCUT2D eigenvalue weighted by Gasteiger charge is 2.15. The zero-order chi connectivity index (χ0) is 23.5. The van der Waals surface area contributed by atoms with Crippen LogP contribution >= 0.6 is 22.9 Å². The maximum absolute atomic E-state index is 12.9. The maximum Gasteiger partial charge on any atom is 0.293 e. The number of benzene rings is 2. The molecule has 1 amide bonds.